The van der Waals surface area contributed by atoms with Gasteiger partial charge in [0.1, 0.15) is 5.78 Å². The van der Waals surface area contributed by atoms with Gasteiger partial charge in [0.15, 0.2) is 0 Å². The number of anilines is 1. The molecule has 1 N–H and O–H groups in total. The fourth-order valence-electron chi connectivity index (χ4n) is 1.69. The van der Waals surface area contributed by atoms with Crippen molar-refractivity contribution >= 4 is 17.4 Å². The molecule has 0 saturated carbocycles. The number of para-hydroxylation sites is 1. The number of aryl methyl sites for hydroxylation is 2. The SMILES string of the molecule is CCc1cccc(C)c1NC(=O)CCC(C)=O. The molecule has 3 heteroatoms. The van der Waals surface area contributed by atoms with E-state index in [1.165, 1.54) is 6.92 Å². The fourth-order valence-corrected chi connectivity index (χ4v) is 1.69. The monoisotopic (exact) mass is 233 g/mol. The molecule has 0 unspecified atom stereocenters. The minimum absolute atomic E-state index is 0.0423. The number of carbonyl (C=O) groups is 2. The zero-order valence-corrected chi connectivity index (χ0v) is 10.7. The summed E-state index contributed by atoms with van der Waals surface area (Å²) in [4.78, 5) is 22.5. The van der Waals surface area contributed by atoms with E-state index in [9.17, 15) is 9.59 Å². The van der Waals surface area contributed by atoms with Gasteiger partial charge in [-0.3, -0.25) is 4.79 Å². The summed E-state index contributed by atoms with van der Waals surface area (Å²) in [7, 11) is 0. The first kappa shape index (κ1) is 13.4. The van der Waals surface area contributed by atoms with Gasteiger partial charge in [-0.05, 0) is 31.4 Å². The number of amides is 1. The smallest absolute Gasteiger partial charge is 0.224 e. The number of hydrogen-bond acceptors (Lipinski definition) is 2. The molecule has 17 heavy (non-hydrogen) atoms. The lowest BCUT2D eigenvalue weighted by Crippen LogP contribution is -2.14. The summed E-state index contributed by atoms with van der Waals surface area (Å²) in [5.41, 5.74) is 3.07. The maximum atomic E-state index is 11.7. The van der Waals surface area contributed by atoms with Crippen molar-refractivity contribution in [1.82, 2.24) is 0 Å². The average Bonchev–Trinajstić information content (AvgIpc) is 2.29. The van der Waals surface area contributed by atoms with Gasteiger partial charge in [-0.2, -0.15) is 0 Å². The number of rotatable bonds is 5. The Bertz CT molecular complexity index is 424. The maximum Gasteiger partial charge on any atom is 0.224 e. The van der Waals surface area contributed by atoms with E-state index in [4.69, 9.17) is 0 Å². The lowest BCUT2D eigenvalue weighted by Gasteiger charge is -2.12. The predicted molar refractivity (Wildman–Crippen MR) is 69.1 cm³/mol. The molecule has 0 aliphatic heterocycles. The maximum absolute atomic E-state index is 11.7. The van der Waals surface area contributed by atoms with Crippen LogP contribution in [-0.4, -0.2) is 11.7 Å². The van der Waals surface area contributed by atoms with Crippen molar-refractivity contribution in [2.24, 2.45) is 0 Å². The Morgan fingerprint density at radius 2 is 1.94 bits per heavy atom. The molecule has 0 atom stereocenters. The van der Waals surface area contributed by atoms with Gasteiger partial charge in [-0.1, -0.05) is 25.1 Å². The Morgan fingerprint density at radius 3 is 2.53 bits per heavy atom. The van der Waals surface area contributed by atoms with Crippen LogP contribution in [0.5, 0.6) is 0 Å². The minimum Gasteiger partial charge on any atom is -0.326 e. The normalized spacial score (nSPS) is 10.1. The van der Waals surface area contributed by atoms with Crippen LogP contribution in [0.3, 0.4) is 0 Å². The van der Waals surface area contributed by atoms with Gasteiger partial charge in [0.05, 0.1) is 0 Å². The van der Waals surface area contributed by atoms with Crippen molar-refractivity contribution in [1.29, 1.82) is 0 Å². The van der Waals surface area contributed by atoms with E-state index < -0.39 is 0 Å². The van der Waals surface area contributed by atoms with E-state index in [1.54, 1.807) is 0 Å². The van der Waals surface area contributed by atoms with Gasteiger partial charge < -0.3 is 10.1 Å². The summed E-state index contributed by atoms with van der Waals surface area (Å²) in [5.74, 6) is -0.0511. The second-order valence-electron chi connectivity index (χ2n) is 4.21. The summed E-state index contributed by atoms with van der Waals surface area (Å²) in [6.07, 6.45) is 1.44. The third kappa shape index (κ3) is 4.02. The number of carbonyl (C=O) groups excluding carboxylic acids is 2. The molecular formula is C14H19NO2. The molecular weight excluding hydrogens is 214 g/mol. The van der Waals surface area contributed by atoms with Crippen LogP contribution in [0.25, 0.3) is 0 Å². The molecule has 0 saturated heterocycles. The van der Waals surface area contributed by atoms with Gasteiger partial charge in [0, 0.05) is 18.5 Å². The van der Waals surface area contributed by atoms with Gasteiger partial charge in [0.2, 0.25) is 5.91 Å². The summed E-state index contributed by atoms with van der Waals surface area (Å²) < 4.78 is 0. The topological polar surface area (TPSA) is 46.2 Å². The highest BCUT2D eigenvalue weighted by Gasteiger charge is 2.09. The van der Waals surface area contributed by atoms with Crippen LogP contribution in [-0.2, 0) is 16.0 Å². The van der Waals surface area contributed by atoms with Crippen molar-refractivity contribution in [2.45, 2.75) is 40.0 Å². The average molecular weight is 233 g/mol. The lowest BCUT2D eigenvalue weighted by molar-refractivity contribution is -0.121. The lowest BCUT2D eigenvalue weighted by atomic mass is 10.1. The Labute approximate surface area is 102 Å². The molecule has 0 radical (unpaired) electrons. The molecule has 0 bridgehead atoms. The Hall–Kier alpha value is -1.64. The molecule has 1 aromatic rings. The van der Waals surface area contributed by atoms with Gasteiger partial charge in [-0.25, -0.2) is 0 Å². The van der Waals surface area contributed by atoms with E-state index in [2.05, 4.69) is 12.2 Å². The van der Waals surface area contributed by atoms with Crippen molar-refractivity contribution < 1.29 is 9.59 Å². The van der Waals surface area contributed by atoms with E-state index in [-0.39, 0.29) is 18.1 Å². The summed E-state index contributed by atoms with van der Waals surface area (Å²) in [5, 5.41) is 2.89. The molecule has 0 fully saturated rings. The third-order valence-corrected chi connectivity index (χ3v) is 2.71. The summed E-state index contributed by atoms with van der Waals surface area (Å²) >= 11 is 0. The second kappa shape index (κ2) is 6.18. The zero-order chi connectivity index (χ0) is 12.8. The second-order valence-corrected chi connectivity index (χ2v) is 4.21. The van der Waals surface area contributed by atoms with E-state index in [0.717, 1.165) is 23.2 Å². The number of benzene rings is 1. The van der Waals surface area contributed by atoms with Crippen molar-refractivity contribution in [3.05, 3.63) is 29.3 Å². The zero-order valence-electron chi connectivity index (χ0n) is 10.7. The largest absolute Gasteiger partial charge is 0.326 e. The summed E-state index contributed by atoms with van der Waals surface area (Å²) in [6.45, 7) is 5.53. The standard InChI is InChI=1S/C14H19NO2/c1-4-12-7-5-6-10(2)14(12)15-13(17)9-8-11(3)16/h5-7H,4,8-9H2,1-3H3,(H,15,17). The van der Waals surface area contributed by atoms with Crippen LogP contribution < -0.4 is 5.32 Å². The van der Waals surface area contributed by atoms with E-state index in [0.29, 0.717) is 6.42 Å². The molecule has 0 heterocycles. The van der Waals surface area contributed by atoms with E-state index >= 15 is 0 Å². The molecule has 92 valence electrons. The minimum atomic E-state index is -0.0933. The van der Waals surface area contributed by atoms with Crippen LogP contribution in [0.2, 0.25) is 0 Å². The molecule has 0 spiro atoms. The van der Waals surface area contributed by atoms with Crippen molar-refractivity contribution in [3.63, 3.8) is 0 Å². The first-order chi connectivity index (χ1) is 8.04. The molecule has 1 aromatic carbocycles. The van der Waals surface area contributed by atoms with E-state index in [1.807, 2.05) is 25.1 Å². The first-order valence-corrected chi connectivity index (χ1v) is 5.92. The Kier molecular flexibility index (Phi) is 4.88. The predicted octanol–water partition coefficient (Wildman–Crippen LogP) is 2.87. The van der Waals surface area contributed by atoms with Crippen LogP contribution in [0, 0.1) is 6.92 Å². The van der Waals surface area contributed by atoms with Crippen LogP contribution in [0.1, 0.15) is 37.8 Å². The first-order valence-electron chi connectivity index (χ1n) is 5.92. The molecule has 0 aromatic heterocycles. The van der Waals surface area contributed by atoms with Gasteiger partial charge >= 0.3 is 0 Å². The van der Waals surface area contributed by atoms with Gasteiger partial charge in [0.25, 0.3) is 0 Å². The molecule has 0 aliphatic carbocycles. The number of Topliss-reactive ketones (excluding diaryl/α,β-unsaturated/α-hetero) is 1. The van der Waals surface area contributed by atoms with Crippen LogP contribution in [0.15, 0.2) is 18.2 Å². The molecule has 3 nitrogen and oxygen atoms in total. The summed E-state index contributed by atoms with van der Waals surface area (Å²) in [6, 6.07) is 5.97. The van der Waals surface area contributed by atoms with Gasteiger partial charge in [-0.15, -0.1) is 0 Å². The highest BCUT2D eigenvalue weighted by atomic mass is 16.2. The highest BCUT2D eigenvalue weighted by molar-refractivity contribution is 5.94. The Morgan fingerprint density at radius 1 is 1.24 bits per heavy atom. The molecule has 1 rings (SSSR count). The molecule has 1 amide bonds. The number of nitrogens with one attached hydrogen (secondary N) is 1. The molecule has 0 aliphatic rings. The number of ketones is 1. The Balaban J connectivity index is 2.73. The van der Waals surface area contributed by atoms with Crippen molar-refractivity contribution in [3.8, 4) is 0 Å². The van der Waals surface area contributed by atoms with Crippen molar-refractivity contribution in [2.75, 3.05) is 5.32 Å². The van der Waals surface area contributed by atoms with Crippen LogP contribution >= 0.6 is 0 Å². The third-order valence-electron chi connectivity index (χ3n) is 2.71. The van der Waals surface area contributed by atoms with Crippen LogP contribution in [0.4, 0.5) is 5.69 Å². The number of hydrogen-bond donors (Lipinski definition) is 1. The quantitative estimate of drug-likeness (QED) is 0.850. The highest BCUT2D eigenvalue weighted by Crippen LogP contribution is 2.21. The fraction of sp³-hybridized carbons (Fsp3) is 0.429.